The number of carbonyl (C=O) groups excluding carboxylic acids is 1. The minimum Gasteiger partial charge on any atom is -0.507 e. The van der Waals surface area contributed by atoms with Crippen LogP contribution in [0.15, 0.2) is 30.6 Å². The van der Waals surface area contributed by atoms with Crippen molar-refractivity contribution in [3.05, 3.63) is 47.5 Å². The van der Waals surface area contributed by atoms with E-state index in [0.717, 1.165) is 18.4 Å². The number of pyridine rings is 1. The van der Waals surface area contributed by atoms with Gasteiger partial charge in [-0.1, -0.05) is 6.07 Å². The fourth-order valence-electron chi connectivity index (χ4n) is 3.03. The number of amides is 1. The Hall–Kier alpha value is -3.20. The standard InChI is InChI=1S/C18H15FN4O4.ClH/c19-12-5-10(9-1-2-9)3-4-11(12)13-6-14(24)16(17-21-8-22-23(13)17)18(27)20-7-15(25)26;/h3-6,8-9,24H,1-2,7H2,(H,20,27)(H,25,26);1H. The molecule has 0 unspecified atom stereocenters. The summed E-state index contributed by atoms with van der Waals surface area (Å²) in [6, 6.07) is 6.14. The van der Waals surface area contributed by atoms with Crippen LogP contribution in [0.3, 0.4) is 0 Å². The third-order valence-electron chi connectivity index (χ3n) is 4.47. The maximum Gasteiger partial charge on any atom is 0.322 e. The lowest BCUT2D eigenvalue weighted by Crippen LogP contribution is -2.29. The van der Waals surface area contributed by atoms with Crippen molar-refractivity contribution < 1.29 is 24.2 Å². The number of carboxylic acids is 1. The van der Waals surface area contributed by atoms with Gasteiger partial charge in [0.1, 0.15) is 30.0 Å². The van der Waals surface area contributed by atoms with Gasteiger partial charge < -0.3 is 15.5 Å². The maximum atomic E-state index is 14.7. The van der Waals surface area contributed by atoms with E-state index in [-0.39, 0.29) is 34.9 Å². The van der Waals surface area contributed by atoms with Crippen molar-refractivity contribution in [1.29, 1.82) is 0 Å². The Morgan fingerprint density at radius 1 is 1.29 bits per heavy atom. The van der Waals surface area contributed by atoms with Crippen molar-refractivity contribution in [3.8, 4) is 17.0 Å². The number of nitrogens with zero attached hydrogens (tertiary/aromatic N) is 3. The van der Waals surface area contributed by atoms with Crippen LogP contribution in [0, 0.1) is 5.82 Å². The molecule has 0 bridgehead atoms. The number of aromatic nitrogens is 3. The van der Waals surface area contributed by atoms with Crippen LogP contribution < -0.4 is 5.32 Å². The summed E-state index contributed by atoms with van der Waals surface area (Å²) in [5.74, 6) is -2.55. The van der Waals surface area contributed by atoms with Crippen molar-refractivity contribution in [3.63, 3.8) is 0 Å². The second-order valence-corrected chi connectivity index (χ2v) is 6.38. The number of aliphatic carboxylic acids is 1. The smallest absolute Gasteiger partial charge is 0.322 e. The average molecular weight is 407 g/mol. The molecule has 10 heteroatoms. The van der Waals surface area contributed by atoms with Crippen LogP contribution in [-0.4, -0.2) is 43.2 Å². The minimum atomic E-state index is -1.23. The summed E-state index contributed by atoms with van der Waals surface area (Å²) in [4.78, 5) is 26.8. The molecule has 4 rings (SSSR count). The van der Waals surface area contributed by atoms with E-state index in [4.69, 9.17) is 5.11 Å². The molecule has 1 aliphatic carbocycles. The summed E-state index contributed by atoms with van der Waals surface area (Å²) in [7, 11) is 0. The van der Waals surface area contributed by atoms with Gasteiger partial charge in [-0.15, -0.1) is 12.4 Å². The lowest BCUT2D eigenvalue weighted by Gasteiger charge is -2.12. The first-order valence-electron chi connectivity index (χ1n) is 8.31. The Kier molecular flexibility index (Phi) is 5.19. The third-order valence-corrected chi connectivity index (χ3v) is 4.47. The number of aromatic hydroxyl groups is 1. The van der Waals surface area contributed by atoms with Crippen molar-refractivity contribution in [2.24, 2.45) is 0 Å². The lowest BCUT2D eigenvalue weighted by atomic mass is 10.0. The number of rotatable bonds is 5. The fraction of sp³-hybridized carbons (Fsp3) is 0.222. The molecule has 0 aliphatic heterocycles. The molecule has 0 atom stereocenters. The predicted octanol–water partition coefficient (Wildman–Crippen LogP) is 2.35. The van der Waals surface area contributed by atoms with Gasteiger partial charge in [0.2, 0.25) is 0 Å². The Bertz CT molecular complexity index is 1080. The molecule has 1 amide bonds. The van der Waals surface area contributed by atoms with Crippen molar-refractivity contribution in [2.75, 3.05) is 6.54 Å². The highest BCUT2D eigenvalue weighted by Crippen LogP contribution is 2.41. The molecule has 146 valence electrons. The van der Waals surface area contributed by atoms with E-state index in [2.05, 4.69) is 15.4 Å². The molecule has 1 aromatic carbocycles. The zero-order valence-corrected chi connectivity index (χ0v) is 15.2. The average Bonchev–Trinajstić information content (AvgIpc) is 3.37. The van der Waals surface area contributed by atoms with Gasteiger partial charge in [-0.2, -0.15) is 5.10 Å². The van der Waals surface area contributed by atoms with Gasteiger partial charge in [0, 0.05) is 11.6 Å². The van der Waals surface area contributed by atoms with E-state index in [1.807, 2.05) is 6.07 Å². The van der Waals surface area contributed by atoms with Crippen LogP contribution in [0.4, 0.5) is 4.39 Å². The SMILES string of the molecule is Cl.O=C(O)CNC(=O)c1c(O)cc(-c2ccc(C3CC3)cc2F)n2ncnc12. The van der Waals surface area contributed by atoms with Crippen molar-refractivity contribution in [1.82, 2.24) is 19.9 Å². The molecule has 2 heterocycles. The van der Waals surface area contributed by atoms with Crippen LogP contribution in [0.25, 0.3) is 16.9 Å². The van der Waals surface area contributed by atoms with E-state index in [9.17, 15) is 19.1 Å². The van der Waals surface area contributed by atoms with Crippen LogP contribution in [0.2, 0.25) is 0 Å². The highest BCUT2D eigenvalue weighted by atomic mass is 35.5. The third kappa shape index (κ3) is 3.48. The van der Waals surface area contributed by atoms with E-state index in [1.165, 1.54) is 23.0 Å². The molecule has 1 saturated carbocycles. The molecule has 1 aliphatic rings. The number of halogens is 2. The highest BCUT2D eigenvalue weighted by Gasteiger charge is 2.26. The summed E-state index contributed by atoms with van der Waals surface area (Å²) < 4.78 is 15.9. The topological polar surface area (TPSA) is 117 Å². The Labute approximate surface area is 164 Å². The first-order valence-corrected chi connectivity index (χ1v) is 8.31. The fourth-order valence-corrected chi connectivity index (χ4v) is 3.03. The molecule has 0 saturated heterocycles. The molecule has 1 fully saturated rings. The van der Waals surface area contributed by atoms with Crippen LogP contribution in [-0.2, 0) is 4.79 Å². The minimum absolute atomic E-state index is 0. The zero-order chi connectivity index (χ0) is 19.1. The lowest BCUT2D eigenvalue weighted by molar-refractivity contribution is -0.135. The predicted molar refractivity (Wildman–Crippen MR) is 99.2 cm³/mol. The Morgan fingerprint density at radius 2 is 2.04 bits per heavy atom. The van der Waals surface area contributed by atoms with Crippen molar-refractivity contribution in [2.45, 2.75) is 18.8 Å². The molecule has 2 aromatic heterocycles. The highest BCUT2D eigenvalue weighted by molar-refractivity contribution is 6.04. The number of benzene rings is 1. The molecule has 3 N–H and O–H groups in total. The van der Waals surface area contributed by atoms with E-state index in [0.29, 0.717) is 5.92 Å². The second kappa shape index (κ2) is 7.43. The number of carboxylic acid groups (broad SMARTS) is 1. The zero-order valence-electron chi connectivity index (χ0n) is 14.4. The molecule has 0 spiro atoms. The Morgan fingerprint density at radius 3 is 2.68 bits per heavy atom. The molecule has 8 nitrogen and oxygen atoms in total. The normalized spacial score (nSPS) is 13.2. The molecule has 28 heavy (non-hydrogen) atoms. The molecular weight excluding hydrogens is 391 g/mol. The van der Waals surface area contributed by atoms with Crippen LogP contribution >= 0.6 is 12.4 Å². The largest absolute Gasteiger partial charge is 0.507 e. The summed E-state index contributed by atoms with van der Waals surface area (Å²) in [6.07, 6.45) is 3.27. The molecular formula is C18H16ClFN4O4. The van der Waals surface area contributed by atoms with Gasteiger partial charge in [-0.3, -0.25) is 9.59 Å². The monoisotopic (exact) mass is 406 g/mol. The van der Waals surface area contributed by atoms with E-state index < -0.39 is 30.0 Å². The second-order valence-electron chi connectivity index (χ2n) is 6.38. The van der Waals surface area contributed by atoms with Gasteiger partial charge in [-0.25, -0.2) is 13.9 Å². The first-order chi connectivity index (χ1) is 13.0. The van der Waals surface area contributed by atoms with Gasteiger partial charge in [-0.05, 0) is 36.5 Å². The summed E-state index contributed by atoms with van der Waals surface area (Å²) >= 11 is 0. The van der Waals surface area contributed by atoms with Crippen LogP contribution in [0.5, 0.6) is 5.75 Å². The van der Waals surface area contributed by atoms with Gasteiger partial charge in [0.15, 0.2) is 5.65 Å². The number of nitrogens with one attached hydrogen (secondary N) is 1. The number of hydrogen-bond acceptors (Lipinski definition) is 5. The summed E-state index contributed by atoms with van der Waals surface area (Å²) in [6.45, 7) is -0.614. The van der Waals surface area contributed by atoms with Gasteiger partial charge >= 0.3 is 5.97 Å². The number of fused-ring (bicyclic) bond motifs is 1. The number of hydrogen-bond donors (Lipinski definition) is 3. The van der Waals surface area contributed by atoms with Crippen molar-refractivity contribution >= 4 is 29.9 Å². The number of carbonyl (C=O) groups is 2. The summed E-state index contributed by atoms with van der Waals surface area (Å²) in [5, 5.41) is 25.2. The maximum absolute atomic E-state index is 14.7. The van der Waals surface area contributed by atoms with E-state index >= 15 is 0 Å². The molecule has 0 radical (unpaired) electrons. The van der Waals surface area contributed by atoms with Gasteiger partial charge in [0.25, 0.3) is 5.91 Å². The van der Waals surface area contributed by atoms with Gasteiger partial charge in [0.05, 0.1) is 5.69 Å². The quantitative estimate of drug-likeness (QED) is 0.598. The van der Waals surface area contributed by atoms with Crippen LogP contribution in [0.1, 0.15) is 34.7 Å². The summed E-state index contributed by atoms with van der Waals surface area (Å²) in [5.41, 5.74) is 1.14. The Balaban J connectivity index is 0.00000225. The molecule has 3 aromatic rings. The van der Waals surface area contributed by atoms with E-state index in [1.54, 1.807) is 6.07 Å². The first kappa shape index (κ1) is 19.6.